The highest BCUT2D eigenvalue weighted by Crippen LogP contribution is 2.37. The molecule has 4 aromatic rings. The Hall–Kier alpha value is -4.78. The number of ketones is 2. The molecule has 206 valence electrons. The monoisotopic (exact) mass is 546 g/mol. The average Bonchev–Trinajstić information content (AvgIpc) is 3.41. The molecule has 0 saturated heterocycles. The van der Waals surface area contributed by atoms with Crippen molar-refractivity contribution in [1.29, 1.82) is 0 Å². The van der Waals surface area contributed by atoms with E-state index in [2.05, 4.69) is 10.1 Å². The summed E-state index contributed by atoms with van der Waals surface area (Å²) < 4.78 is 5.65. The Kier molecular flexibility index (Phi) is 7.33. The number of phenols is 1. The largest absolute Gasteiger partial charge is 0.511 e. The fraction of sp³-hybridized carbons (Fsp3) is 0.235. The van der Waals surface area contributed by atoms with Gasteiger partial charge in [0.05, 0.1) is 22.5 Å². The molecule has 6 rings (SSSR count). The molecule has 7 nitrogen and oxygen atoms in total. The van der Waals surface area contributed by atoms with Crippen LogP contribution in [0.15, 0.2) is 106 Å². The van der Waals surface area contributed by atoms with Crippen molar-refractivity contribution >= 4 is 23.0 Å². The SMILES string of the molecule is O=C1CC(c2ccccc2)CC(O)=C1C(CCc1noc2c1C(=O)CC(c1ccccc1)C2)=Nc1ccccc1O. The number of hydrogen-bond donors (Lipinski definition) is 2. The summed E-state index contributed by atoms with van der Waals surface area (Å²) in [6.07, 6.45) is 2.02. The lowest BCUT2D eigenvalue weighted by atomic mass is 9.80. The topological polar surface area (TPSA) is 113 Å². The predicted octanol–water partition coefficient (Wildman–Crippen LogP) is 6.96. The summed E-state index contributed by atoms with van der Waals surface area (Å²) in [5.41, 5.74) is 3.94. The van der Waals surface area contributed by atoms with Crippen LogP contribution in [-0.4, -0.2) is 32.6 Å². The van der Waals surface area contributed by atoms with Crippen LogP contribution in [-0.2, 0) is 17.6 Å². The number of phenolic OH excluding ortho intramolecular Hbond substituents is 1. The smallest absolute Gasteiger partial charge is 0.168 e. The molecule has 1 heterocycles. The van der Waals surface area contributed by atoms with E-state index in [1.165, 1.54) is 6.07 Å². The number of aliphatic hydroxyl groups excluding tert-OH is 1. The van der Waals surface area contributed by atoms with E-state index >= 15 is 0 Å². The molecule has 0 saturated carbocycles. The number of allylic oxidation sites excluding steroid dienone is 2. The molecule has 2 N–H and O–H groups in total. The third kappa shape index (κ3) is 5.48. The van der Waals surface area contributed by atoms with Gasteiger partial charge in [0.2, 0.25) is 0 Å². The summed E-state index contributed by atoms with van der Waals surface area (Å²) in [5, 5.41) is 25.8. The number of para-hydroxylation sites is 2. The maximum Gasteiger partial charge on any atom is 0.168 e. The molecular weight excluding hydrogens is 516 g/mol. The molecule has 0 aliphatic heterocycles. The van der Waals surface area contributed by atoms with E-state index in [1.54, 1.807) is 18.2 Å². The number of aromatic hydroxyl groups is 1. The summed E-state index contributed by atoms with van der Waals surface area (Å²) in [6, 6.07) is 26.2. The van der Waals surface area contributed by atoms with Crippen LogP contribution in [0.2, 0.25) is 0 Å². The first-order valence-electron chi connectivity index (χ1n) is 13.9. The van der Waals surface area contributed by atoms with E-state index in [0.717, 1.165) is 11.1 Å². The molecule has 2 atom stereocenters. The highest BCUT2D eigenvalue weighted by molar-refractivity contribution is 6.24. The second kappa shape index (κ2) is 11.4. The Labute approximate surface area is 237 Å². The first kappa shape index (κ1) is 26.4. The Balaban J connectivity index is 1.29. The standard InChI is InChI=1S/C34H30N2O5/c37-28-14-8-7-13-25(28)35-26(33-29(38)17-23(18-30(33)39)21-9-3-1-4-10-21)15-16-27-34-31(40)19-24(20-32(34)41-36-27)22-11-5-2-6-12-22/h1-14,23-24,37-38H,15-20H2. The summed E-state index contributed by atoms with van der Waals surface area (Å²) >= 11 is 0. The molecule has 2 aliphatic rings. The summed E-state index contributed by atoms with van der Waals surface area (Å²) in [7, 11) is 0. The lowest BCUT2D eigenvalue weighted by molar-refractivity contribution is -0.116. The Morgan fingerprint density at radius 1 is 0.780 bits per heavy atom. The van der Waals surface area contributed by atoms with E-state index in [-0.39, 0.29) is 53.3 Å². The zero-order valence-electron chi connectivity index (χ0n) is 22.5. The fourth-order valence-electron chi connectivity index (χ4n) is 5.93. The van der Waals surface area contributed by atoms with Gasteiger partial charge in [0.1, 0.15) is 23.0 Å². The molecule has 0 spiro atoms. The first-order chi connectivity index (χ1) is 20.0. The first-order valence-corrected chi connectivity index (χ1v) is 13.9. The lowest BCUT2D eigenvalue weighted by Crippen LogP contribution is -2.24. The molecule has 41 heavy (non-hydrogen) atoms. The van der Waals surface area contributed by atoms with Gasteiger partial charge in [-0.2, -0.15) is 0 Å². The van der Waals surface area contributed by atoms with Crippen molar-refractivity contribution in [2.45, 2.75) is 50.4 Å². The van der Waals surface area contributed by atoms with Gasteiger partial charge in [0, 0.05) is 25.7 Å². The van der Waals surface area contributed by atoms with Crippen LogP contribution < -0.4 is 0 Å². The van der Waals surface area contributed by atoms with Gasteiger partial charge in [-0.3, -0.25) is 9.59 Å². The van der Waals surface area contributed by atoms with Gasteiger partial charge < -0.3 is 14.7 Å². The van der Waals surface area contributed by atoms with E-state index < -0.39 is 0 Å². The molecule has 2 unspecified atom stereocenters. The molecular formula is C34H30N2O5. The Morgan fingerprint density at radius 3 is 2.05 bits per heavy atom. The van der Waals surface area contributed by atoms with Crippen LogP contribution in [0.1, 0.15) is 70.5 Å². The van der Waals surface area contributed by atoms with Crippen LogP contribution in [0.4, 0.5) is 5.69 Å². The number of Topliss-reactive ketones (excluding diaryl/α,β-unsaturated/α-hetero) is 2. The quantitative estimate of drug-likeness (QED) is 0.242. The number of aliphatic hydroxyl groups is 1. The molecule has 0 radical (unpaired) electrons. The van der Waals surface area contributed by atoms with Gasteiger partial charge in [0.15, 0.2) is 11.6 Å². The number of aromatic nitrogens is 1. The van der Waals surface area contributed by atoms with Crippen LogP contribution in [0, 0.1) is 0 Å². The van der Waals surface area contributed by atoms with Crippen molar-refractivity contribution in [3.63, 3.8) is 0 Å². The summed E-state index contributed by atoms with van der Waals surface area (Å²) in [5.74, 6) is 0.208. The lowest BCUT2D eigenvalue weighted by Gasteiger charge is -2.25. The normalized spacial score (nSPS) is 19.4. The summed E-state index contributed by atoms with van der Waals surface area (Å²) in [6.45, 7) is 0. The van der Waals surface area contributed by atoms with Gasteiger partial charge >= 0.3 is 0 Å². The van der Waals surface area contributed by atoms with E-state index in [9.17, 15) is 19.8 Å². The molecule has 1 aromatic heterocycles. The second-order valence-corrected chi connectivity index (χ2v) is 10.7. The molecule has 3 aromatic carbocycles. The molecule has 2 aliphatic carbocycles. The van der Waals surface area contributed by atoms with Crippen LogP contribution in [0.5, 0.6) is 5.75 Å². The number of nitrogens with zero attached hydrogens (tertiary/aromatic N) is 2. The number of fused-ring (bicyclic) bond motifs is 1. The van der Waals surface area contributed by atoms with E-state index in [1.807, 2.05) is 60.7 Å². The predicted molar refractivity (Wildman–Crippen MR) is 155 cm³/mol. The van der Waals surface area contributed by atoms with Crippen LogP contribution in [0.25, 0.3) is 0 Å². The third-order valence-electron chi connectivity index (χ3n) is 7.98. The molecule has 0 bridgehead atoms. The highest BCUT2D eigenvalue weighted by Gasteiger charge is 2.34. The van der Waals surface area contributed by atoms with Crippen molar-refractivity contribution in [1.82, 2.24) is 5.16 Å². The number of benzene rings is 3. The number of carbonyl (C=O) groups is 2. The molecule has 0 amide bonds. The number of hydrogen-bond acceptors (Lipinski definition) is 7. The Bertz CT molecular complexity index is 1650. The van der Waals surface area contributed by atoms with Crippen molar-refractivity contribution in [2.75, 3.05) is 0 Å². The maximum atomic E-state index is 13.5. The molecule has 7 heteroatoms. The van der Waals surface area contributed by atoms with Crippen LogP contribution in [0.3, 0.4) is 0 Å². The van der Waals surface area contributed by atoms with Crippen molar-refractivity contribution in [3.8, 4) is 5.75 Å². The number of aryl methyl sites for hydroxylation is 1. The minimum atomic E-state index is -0.208. The number of rotatable bonds is 7. The zero-order chi connectivity index (χ0) is 28.3. The van der Waals surface area contributed by atoms with Crippen LogP contribution >= 0.6 is 0 Å². The minimum absolute atomic E-state index is 0.0166. The van der Waals surface area contributed by atoms with Gasteiger partial charge in [-0.15, -0.1) is 0 Å². The average molecular weight is 547 g/mol. The van der Waals surface area contributed by atoms with E-state index in [0.29, 0.717) is 54.1 Å². The molecule has 0 fully saturated rings. The Morgan fingerprint density at radius 2 is 1.39 bits per heavy atom. The van der Waals surface area contributed by atoms with Gasteiger partial charge in [0.25, 0.3) is 0 Å². The highest BCUT2D eigenvalue weighted by atomic mass is 16.5. The van der Waals surface area contributed by atoms with Crippen molar-refractivity contribution < 1.29 is 24.3 Å². The number of aliphatic imine (C=N–C) groups is 1. The minimum Gasteiger partial charge on any atom is -0.511 e. The number of carbonyl (C=O) groups excluding carboxylic acids is 2. The third-order valence-corrected chi connectivity index (χ3v) is 7.98. The second-order valence-electron chi connectivity index (χ2n) is 10.7. The van der Waals surface area contributed by atoms with E-state index in [4.69, 9.17) is 4.52 Å². The van der Waals surface area contributed by atoms with Gasteiger partial charge in [-0.1, -0.05) is 78.0 Å². The van der Waals surface area contributed by atoms with Crippen molar-refractivity contribution in [3.05, 3.63) is 124 Å². The van der Waals surface area contributed by atoms with Crippen molar-refractivity contribution in [2.24, 2.45) is 4.99 Å². The summed E-state index contributed by atoms with van der Waals surface area (Å²) in [4.78, 5) is 31.4. The fourth-order valence-corrected chi connectivity index (χ4v) is 5.93. The zero-order valence-corrected chi connectivity index (χ0v) is 22.5. The maximum absolute atomic E-state index is 13.5. The van der Waals surface area contributed by atoms with Gasteiger partial charge in [-0.25, -0.2) is 4.99 Å². The van der Waals surface area contributed by atoms with Gasteiger partial charge in [-0.05, 0) is 47.9 Å².